The normalized spacial score (nSPS) is 10.8. The van der Waals surface area contributed by atoms with Crippen LogP contribution in [0.3, 0.4) is 0 Å². The number of carbonyl (C=O) groups excluding carboxylic acids is 1. The first-order chi connectivity index (χ1) is 15.9. The quantitative estimate of drug-likeness (QED) is 0.380. The fourth-order valence-electron chi connectivity index (χ4n) is 3.00. The van der Waals surface area contributed by atoms with Gasteiger partial charge in [0.05, 0.1) is 30.1 Å². The molecule has 0 bridgehead atoms. The summed E-state index contributed by atoms with van der Waals surface area (Å²) in [6.45, 7) is 5.46. The number of pyridine rings is 1. The number of nitrogens with one attached hydrogen (secondary N) is 3. The van der Waals surface area contributed by atoms with E-state index in [1.807, 2.05) is 0 Å². The van der Waals surface area contributed by atoms with Gasteiger partial charge in [-0.25, -0.2) is 14.4 Å². The number of hydrogen-bond donors (Lipinski definition) is 3. The van der Waals surface area contributed by atoms with Crippen LogP contribution in [0.1, 0.15) is 30.6 Å². The van der Waals surface area contributed by atoms with Crippen molar-refractivity contribution in [2.45, 2.75) is 26.3 Å². The summed E-state index contributed by atoms with van der Waals surface area (Å²) in [7, 11) is 1.47. The number of halogens is 2. The summed E-state index contributed by atoms with van der Waals surface area (Å²) in [5, 5.41) is 9.64. The molecule has 0 radical (unpaired) electrons. The maximum absolute atomic E-state index is 14.3. The van der Waals surface area contributed by atoms with Crippen LogP contribution in [-0.4, -0.2) is 47.1 Å². The molecule has 3 N–H and O–H groups in total. The largest absolute Gasteiger partial charge is 0.491 e. The second-order valence-corrected chi connectivity index (χ2v) is 7.94. The van der Waals surface area contributed by atoms with Gasteiger partial charge in [-0.1, -0.05) is 25.4 Å². The minimum absolute atomic E-state index is 0.121. The van der Waals surface area contributed by atoms with E-state index in [0.717, 1.165) is 13.0 Å². The van der Waals surface area contributed by atoms with Crippen LogP contribution >= 0.6 is 11.6 Å². The predicted molar refractivity (Wildman–Crippen MR) is 127 cm³/mol. The number of rotatable bonds is 10. The van der Waals surface area contributed by atoms with Gasteiger partial charge >= 0.3 is 0 Å². The van der Waals surface area contributed by atoms with Crippen molar-refractivity contribution in [3.8, 4) is 17.1 Å². The van der Waals surface area contributed by atoms with Crippen LogP contribution in [0.5, 0.6) is 5.75 Å². The lowest BCUT2D eigenvalue weighted by molar-refractivity contribution is 0.0953. The van der Waals surface area contributed by atoms with Crippen LogP contribution in [-0.2, 0) is 0 Å². The Morgan fingerprint density at radius 1 is 1.21 bits per heavy atom. The molecule has 0 aliphatic heterocycles. The van der Waals surface area contributed by atoms with Crippen LogP contribution in [0.2, 0.25) is 5.02 Å². The van der Waals surface area contributed by atoms with Crippen LogP contribution in [0.15, 0.2) is 42.9 Å². The van der Waals surface area contributed by atoms with E-state index in [4.69, 9.17) is 16.3 Å². The molecule has 0 aliphatic carbocycles. The highest BCUT2D eigenvalue weighted by atomic mass is 35.5. The molecule has 0 saturated heterocycles. The van der Waals surface area contributed by atoms with E-state index in [2.05, 4.69) is 44.7 Å². The van der Waals surface area contributed by atoms with Gasteiger partial charge in [-0.3, -0.25) is 9.78 Å². The number of nitrogens with zero attached hydrogens (tertiary/aromatic N) is 3. The molecule has 2 heterocycles. The lowest BCUT2D eigenvalue weighted by atomic mass is 10.2. The third-order valence-electron chi connectivity index (χ3n) is 4.65. The molecule has 0 aliphatic rings. The maximum atomic E-state index is 14.3. The molecule has 0 saturated carbocycles. The Hall–Kier alpha value is -3.30. The Morgan fingerprint density at radius 2 is 2.03 bits per heavy atom. The first kappa shape index (κ1) is 24.3. The molecule has 2 aromatic heterocycles. The van der Waals surface area contributed by atoms with Gasteiger partial charge in [0.1, 0.15) is 5.82 Å². The van der Waals surface area contributed by atoms with Crippen molar-refractivity contribution in [3.05, 3.63) is 59.3 Å². The summed E-state index contributed by atoms with van der Waals surface area (Å²) in [4.78, 5) is 25.4. The number of benzene rings is 1. The lowest BCUT2D eigenvalue weighted by Crippen LogP contribution is -2.30. The molecule has 0 unspecified atom stereocenters. The topological polar surface area (TPSA) is 101 Å². The average Bonchev–Trinajstić information content (AvgIpc) is 2.80. The Balaban J connectivity index is 1.82. The number of methoxy groups -OCH3 is 1. The highest BCUT2D eigenvalue weighted by molar-refractivity contribution is 6.30. The maximum Gasteiger partial charge on any atom is 0.254 e. The number of aromatic nitrogens is 3. The SMILES string of the molecule is COc1cnc(-c2cc(Cl)ccc2F)nc1Nc1ccncc1C(=O)NCCCNC(C)C. The number of hydrogen-bond acceptors (Lipinski definition) is 7. The van der Waals surface area contributed by atoms with Gasteiger partial charge in [-0.05, 0) is 37.2 Å². The Kier molecular flexibility index (Phi) is 8.51. The van der Waals surface area contributed by atoms with Crippen LogP contribution in [0, 0.1) is 5.82 Å². The fraction of sp³-hybridized carbons (Fsp3) is 0.304. The standard InChI is InChI=1S/C23H26ClFN6O2/c1-14(2)27-8-4-9-28-23(32)17-12-26-10-7-19(17)30-22-20(33-3)13-29-21(31-22)16-11-15(24)5-6-18(16)25/h5-7,10-14,27H,4,8-9H2,1-3H3,(H,28,32)(H,26,29,30,31). The van der Waals surface area contributed by atoms with Crippen LogP contribution in [0.4, 0.5) is 15.9 Å². The van der Waals surface area contributed by atoms with E-state index in [0.29, 0.717) is 34.6 Å². The van der Waals surface area contributed by atoms with Crippen molar-refractivity contribution in [1.29, 1.82) is 0 Å². The molecule has 3 aromatic rings. The lowest BCUT2D eigenvalue weighted by Gasteiger charge is -2.14. The van der Waals surface area contributed by atoms with Crippen molar-refractivity contribution in [2.75, 3.05) is 25.5 Å². The van der Waals surface area contributed by atoms with Gasteiger partial charge in [0.2, 0.25) is 0 Å². The summed E-state index contributed by atoms with van der Waals surface area (Å²) >= 11 is 6.01. The Labute approximate surface area is 197 Å². The Morgan fingerprint density at radius 3 is 2.79 bits per heavy atom. The Bertz CT molecular complexity index is 1110. The molecule has 0 spiro atoms. The highest BCUT2D eigenvalue weighted by Crippen LogP contribution is 2.30. The second kappa shape index (κ2) is 11.5. The summed E-state index contributed by atoms with van der Waals surface area (Å²) in [5.41, 5.74) is 0.957. The van der Waals surface area contributed by atoms with E-state index in [1.54, 1.807) is 12.3 Å². The van der Waals surface area contributed by atoms with Crippen molar-refractivity contribution >= 4 is 29.0 Å². The van der Waals surface area contributed by atoms with Crippen LogP contribution in [0.25, 0.3) is 11.4 Å². The molecule has 0 atom stereocenters. The predicted octanol–water partition coefficient (Wildman–Crippen LogP) is 4.20. The minimum Gasteiger partial charge on any atom is -0.491 e. The van der Waals surface area contributed by atoms with Crippen molar-refractivity contribution < 1.29 is 13.9 Å². The van der Waals surface area contributed by atoms with Gasteiger partial charge in [0.25, 0.3) is 5.91 Å². The van der Waals surface area contributed by atoms with Crippen molar-refractivity contribution in [1.82, 2.24) is 25.6 Å². The zero-order valence-corrected chi connectivity index (χ0v) is 19.4. The van der Waals surface area contributed by atoms with E-state index >= 15 is 0 Å². The summed E-state index contributed by atoms with van der Waals surface area (Å²) in [6, 6.07) is 6.19. The first-order valence-corrected chi connectivity index (χ1v) is 10.9. The molecule has 3 rings (SSSR count). The third-order valence-corrected chi connectivity index (χ3v) is 4.89. The second-order valence-electron chi connectivity index (χ2n) is 7.50. The van der Waals surface area contributed by atoms with Crippen molar-refractivity contribution in [2.24, 2.45) is 0 Å². The average molecular weight is 473 g/mol. The number of anilines is 2. The van der Waals surface area contributed by atoms with Gasteiger partial charge in [0, 0.05) is 30.0 Å². The number of amides is 1. The van der Waals surface area contributed by atoms with E-state index < -0.39 is 5.82 Å². The first-order valence-electron chi connectivity index (χ1n) is 10.5. The van der Waals surface area contributed by atoms with Gasteiger partial charge in [0.15, 0.2) is 17.4 Å². The van der Waals surface area contributed by atoms with E-state index in [1.165, 1.54) is 37.7 Å². The summed E-state index contributed by atoms with van der Waals surface area (Å²) in [5.74, 6) is -0.0703. The molecular formula is C23H26ClFN6O2. The minimum atomic E-state index is -0.508. The van der Waals surface area contributed by atoms with Crippen molar-refractivity contribution in [3.63, 3.8) is 0 Å². The summed E-state index contributed by atoms with van der Waals surface area (Å²) in [6.07, 6.45) is 5.24. The third kappa shape index (κ3) is 6.59. The summed E-state index contributed by atoms with van der Waals surface area (Å²) < 4.78 is 19.7. The van der Waals surface area contributed by atoms with Gasteiger partial charge in [-0.2, -0.15) is 0 Å². The number of ether oxygens (including phenoxy) is 1. The molecule has 33 heavy (non-hydrogen) atoms. The zero-order chi connectivity index (χ0) is 23.8. The highest BCUT2D eigenvalue weighted by Gasteiger charge is 2.17. The zero-order valence-electron chi connectivity index (χ0n) is 18.7. The van der Waals surface area contributed by atoms with Crippen LogP contribution < -0.4 is 20.7 Å². The van der Waals surface area contributed by atoms with Gasteiger partial charge < -0.3 is 20.7 Å². The monoisotopic (exact) mass is 472 g/mol. The van der Waals surface area contributed by atoms with E-state index in [9.17, 15) is 9.18 Å². The fourth-order valence-corrected chi connectivity index (χ4v) is 3.17. The molecule has 174 valence electrons. The smallest absolute Gasteiger partial charge is 0.254 e. The molecule has 1 amide bonds. The molecular weight excluding hydrogens is 447 g/mol. The van der Waals surface area contributed by atoms with Gasteiger partial charge in [-0.15, -0.1) is 0 Å². The molecule has 8 nitrogen and oxygen atoms in total. The van der Waals surface area contributed by atoms with E-state index in [-0.39, 0.29) is 23.1 Å². The number of carbonyl (C=O) groups is 1. The molecule has 1 aromatic carbocycles. The molecule has 0 fully saturated rings. The molecule has 10 heteroatoms.